The van der Waals surface area contributed by atoms with Gasteiger partial charge in [0, 0.05) is 35.2 Å². The number of aromatic nitrogens is 5. The van der Waals surface area contributed by atoms with E-state index in [1.54, 1.807) is 16.7 Å². The summed E-state index contributed by atoms with van der Waals surface area (Å²) in [4.78, 5) is 17.2. The lowest BCUT2D eigenvalue weighted by Gasteiger charge is -2.15. The summed E-state index contributed by atoms with van der Waals surface area (Å²) in [5, 5.41) is 10.4. The number of thioether (sulfide) groups is 1. The number of ether oxygens (including phenoxy) is 1. The molecule has 1 fully saturated rings. The van der Waals surface area contributed by atoms with Crippen LogP contribution in [0.3, 0.4) is 0 Å². The molecule has 5 rings (SSSR count). The second kappa shape index (κ2) is 9.05. The molecule has 1 atom stereocenters. The van der Waals surface area contributed by atoms with E-state index in [1.165, 1.54) is 11.8 Å². The number of rotatable bonds is 6. The van der Waals surface area contributed by atoms with Crippen molar-refractivity contribution in [1.29, 1.82) is 0 Å². The zero-order chi connectivity index (χ0) is 22.1. The summed E-state index contributed by atoms with van der Waals surface area (Å²) in [5.41, 5.74) is 3.22. The third kappa shape index (κ3) is 4.30. The lowest BCUT2D eigenvalue weighted by Crippen LogP contribution is -2.17. The van der Waals surface area contributed by atoms with Crippen LogP contribution in [0, 0.1) is 6.92 Å². The number of pyridine rings is 1. The van der Waals surface area contributed by atoms with E-state index in [-0.39, 0.29) is 11.7 Å². The normalized spacial score (nSPS) is 16.1. The van der Waals surface area contributed by atoms with Gasteiger partial charge in [0.15, 0.2) is 11.0 Å². The van der Waals surface area contributed by atoms with Crippen LogP contribution >= 0.6 is 23.4 Å². The second-order valence-corrected chi connectivity index (χ2v) is 9.20. The van der Waals surface area contributed by atoms with E-state index >= 15 is 0 Å². The van der Waals surface area contributed by atoms with Crippen molar-refractivity contribution in [2.24, 2.45) is 0 Å². The molecule has 0 saturated carbocycles. The summed E-state index contributed by atoms with van der Waals surface area (Å²) in [7, 11) is 0. The SMILES string of the molecule is Cc1cccn2c(=O)cc(CSc3nnc(-c4ccc(Cl)cc4)n3C[C@@H]3CCCO3)nc12. The van der Waals surface area contributed by atoms with Gasteiger partial charge >= 0.3 is 0 Å². The summed E-state index contributed by atoms with van der Waals surface area (Å²) in [6.07, 6.45) is 3.97. The number of benzene rings is 1. The van der Waals surface area contributed by atoms with Gasteiger partial charge in [0.1, 0.15) is 5.65 Å². The van der Waals surface area contributed by atoms with Gasteiger partial charge < -0.3 is 4.74 Å². The van der Waals surface area contributed by atoms with E-state index in [0.29, 0.717) is 28.7 Å². The largest absolute Gasteiger partial charge is 0.376 e. The molecule has 3 aromatic heterocycles. The predicted octanol–water partition coefficient (Wildman–Crippen LogP) is 4.39. The summed E-state index contributed by atoms with van der Waals surface area (Å²) < 4.78 is 9.54. The first-order chi connectivity index (χ1) is 15.6. The van der Waals surface area contributed by atoms with Gasteiger partial charge in [-0.2, -0.15) is 0 Å². The van der Waals surface area contributed by atoms with Crippen LogP contribution in [0.5, 0.6) is 0 Å². The zero-order valence-corrected chi connectivity index (χ0v) is 19.1. The maximum Gasteiger partial charge on any atom is 0.258 e. The maximum absolute atomic E-state index is 12.5. The maximum atomic E-state index is 12.5. The first-order valence-electron chi connectivity index (χ1n) is 10.5. The van der Waals surface area contributed by atoms with Crippen molar-refractivity contribution < 1.29 is 4.74 Å². The lowest BCUT2D eigenvalue weighted by molar-refractivity contribution is 0.0953. The zero-order valence-electron chi connectivity index (χ0n) is 17.6. The molecule has 32 heavy (non-hydrogen) atoms. The smallest absolute Gasteiger partial charge is 0.258 e. The molecule has 1 saturated heterocycles. The van der Waals surface area contributed by atoms with E-state index in [9.17, 15) is 4.79 Å². The number of aryl methyl sites for hydroxylation is 1. The number of hydrogen-bond donors (Lipinski definition) is 0. The van der Waals surface area contributed by atoms with Gasteiger partial charge in [-0.1, -0.05) is 29.4 Å². The summed E-state index contributed by atoms with van der Waals surface area (Å²) in [6.45, 7) is 3.42. The van der Waals surface area contributed by atoms with E-state index < -0.39 is 0 Å². The van der Waals surface area contributed by atoms with Gasteiger partial charge in [-0.3, -0.25) is 13.8 Å². The monoisotopic (exact) mass is 467 g/mol. The standard InChI is InChI=1S/C23H22ClN5O2S/c1-15-4-2-10-28-20(30)12-18(25-21(15)28)14-32-23-27-26-22(16-6-8-17(24)9-7-16)29(23)13-19-5-3-11-31-19/h2,4,6-10,12,19H,3,5,11,13-14H2,1H3/t19-/m0/s1. The molecular formula is C23H22ClN5O2S. The Morgan fingerprint density at radius 3 is 2.84 bits per heavy atom. The van der Waals surface area contributed by atoms with Crippen LogP contribution in [0.2, 0.25) is 5.02 Å². The van der Waals surface area contributed by atoms with Gasteiger partial charge in [0.05, 0.1) is 18.3 Å². The Morgan fingerprint density at radius 2 is 2.06 bits per heavy atom. The predicted molar refractivity (Wildman–Crippen MR) is 125 cm³/mol. The van der Waals surface area contributed by atoms with Crippen LogP contribution in [0.4, 0.5) is 0 Å². The van der Waals surface area contributed by atoms with Crippen LogP contribution in [0.15, 0.2) is 58.6 Å². The highest BCUT2D eigenvalue weighted by molar-refractivity contribution is 7.98. The molecule has 9 heteroatoms. The number of nitrogens with zero attached hydrogens (tertiary/aromatic N) is 5. The Bertz CT molecular complexity index is 1310. The molecule has 1 aromatic carbocycles. The number of hydrogen-bond acceptors (Lipinski definition) is 6. The van der Waals surface area contributed by atoms with Crippen LogP contribution in [-0.4, -0.2) is 36.9 Å². The third-order valence-electron chi connectivity index (χ3n) is 5.52. The molecule has 164 valence electrons. The Kier molecular flexibility index (Phi) is 5.99. The second-order valence-electron chi connectivity index (χ2n) is 7.82. The molecule has 0 aliphatic carbocycles. The first-order valence-corrected chi connectivity index (χ1v) is 11.9. The fraction of sp³-hybridized carbons (Fsp3) is 0.304. The molecule has 1 aliphatic rings. The molecule has 1 aliphatic heterocycles. The summed E-state index contributed by atoms with van der Waals surface area (Å²) in [5.74, 6) is 1.30. The number of fused-ring (bicyclic) bond motifs is 1. The van der Waals surface area contributed by atoms with Gasteiger partial charge in [-0.05, 0) is 55.7 Å². The lowest BCUT2D eigenvalue weighted by atomic mass is 10.2. The molecule has 4 aromatic rings. The average Bonchev–Trinajstić information content (AvgIpc) is 3.44. The molecule has 0 N–H and O–H groups in total. The Balaban J connectivity index is 1.45. The molecule has 0 radical (unpaired) electrons. The molecule has 0 unspecified atom stereocenters. The minimum absolute atomic E-state index is 0.0861. The van der Waals surface area contributed by atoms with Gasteiger partial charge in [0.25, 0.3) is 5.56 Å². The fourth-order valence-electron chi connectivity index (χ4n) is 3.89. The van der Waals surface area contributed by atoms with Crippen molar-refractivity contribution in [2.45, 2.75) is 43.3 Å². The van der Waals surface area contributed by atoms with Gasteiger partial charge in [0.2, 0.25) is 0 Å². The molecule has 0 amide bonds. The van der Waals surface area contributed by atoms with Crippen LogP contribution in [0.1, 0.15) is 24.1 Å². The highest BCUT2D eigenvalue weighted by Crippen LogP contribution is 2.28. The van der Waals surface area contributed by atoms with Gasteiger partial charge in [-0.15, -0.1) is 10.2 Å². The topological polar surface area (TPSA) is 74.3 Å². The average molecular weight is 468 g/mol. The number of halogens is 1. The molecule has 0 spiro atoms. The van der Waals surface area contributed by atoms with Crippen LogP contribution in [0.25, 0.3) is 17.0 Å². The van der Waals surface area contributed by atoms with E-state index in [2.05, 4.69) is 14.8 Å². The van der Waals surface area contributed by atoms with E-state index in [1.807, 2.05) is 43.3 Å². The van der Waals surface area contributed by atoms with Crippen LogP contribution in [-0.2, 0) is 17.0 Å². The Morgan fingerprint density at radius 1 is 1.22 bits per heavy atom. The highest BCUT2D eigenvalue weighted by atomic mass is 35.5. The van der Waals surface area contributed by atoms with Crippen molar-refractivity contribution in [2.75, 3.05) is 6.61 Å². The van der Waals surface area contributed by atoms with E-state index in [4.69, 9.17) is 21.3 Å². The molecular weight excluding hydrogens is 446 g/mol. The summed E-state index contributed by atoms with van der Waals surface area (Å²) in [6, 6.07) is 13.0. The quantitative estimate of drug-likeness (QED) is 0.391. The Hall–Kier alpha value is -2.68. The Labute approximate surface area is 194 Å². The molecule has 7 nitrogen and oxygen atoms in total. The highest BCUT2D eigenvalue weighted by Gasteiger charge is 2.22. The van der Waals surface area contributed by atoms with Crippen molar-refractivity contribution in [3.63, 3.8) is 0 Å². The summed E-state index contributed by atoms with van der Waals surface area (Å²) >= 11 is 7.59. The molecule has 0 bridgehead atoms. The minimum Gasteiger partial charge on any atom is -0.376 e. The van der Waals surface area contributed by atoms with Crippen LogP contribution < -0.4 is 5.56 Å². The van der Waals surface area contributed by atoms with Gasteiger partial charge in [-0.25, -0.2) is 4.98 Å². The minimum atomic E-state index is -0.0861. The third-order valence-corrected chi connectivity index (χ3v) is 6.77. The van der Waals surface area contributed by atoms with Crippen molar-refractivity contribution in [1.82, 2.24) is 24.1 Å². The first kappa shape index (κ1) is 21.2. The van der Waals surface area contributed by atoms with Crippen molar-refractivity contribution in [3.8, 4) is 11.4 Å². The van der Waals surface area contributed by atoms with E-state index in [0.717, 1.165) is 41.6 Å². The van der Waals surface area contributed by atoms with Crippen molar-refractivity contribution in [3.05, 3.63) is 75.3 Å². The molecule has 4 heterocycles. The fourth-order valence-corrected chi connectivity index (χ4v) is 4.85. The van der Waals surface area contributed by atoms with Crippen molar-refractivity contribution >= 4 is 29.0 Å².